The first kappa shape index (κ1) is 17.1. The Morgan fingerprint density at radius 2 is 1.77 bits per heavy atom. The molecule has 1 N–H and O–H groups in total. The van der Waals surface area contributed by atoms with Crippen LogP contribution in [0.25, 0.3) is 17.1 Å². The van der Waals surface area contributed by atoms with Crippen molar-refractivity contribution >= 4 is 11.6 Å². The van der Waals surface area contributed by atoms with Gasteiger partial charge in [0.2, 0.25) is 0 Å². The van der Waals surface area contributed by atoms with Crippen LogP contribution in [-0.2, 0) is 0 Å². The number of aromatic nitrogens is 2. The predicted octanol–water partition coefficient (Wildman–Crippen LogP) is 4.86. The van der Waals surface area contributed by atoms with Gasteiger partial charge in [0, 0.05) is 23.5 Å². The van der Waals surface area contributed by atoms with Crippen molar-refractivity contribution in [2.24, 2.45) is 0 Å². The summed E-state index contributed by atoms with van der Waals surface area (Å²) in [5.74, 6) is 0.748. The number of fused-ring (bicyclic) bond motifs is 1. The van der Waals surface area contributed by atoms with Crippen molar-refractivity contribution in [3.63, 3.8) is 0 Å². The summed E-state index contributed by atoms with van der Waals surface area (Å²) in [6.07, 6.45) is 5.39. The summed E-state index contributed by atoms with van der Waals surface area (Å²) in [5, 5.41) is 8.43. The zero-order chi connectivity index (χ0) is 20.1. The summed E-state index contributed by atoms with van der Waals surface area (Å²) < 4.78 is 7.55. The molecule has 1 aliphatic carbocycles. The molecule has 1 saturated carbocycles. The number of benzene rings is 2. The fourth-order valence-corrected chi connectivity index (χ4v) is 4.13. The lowest BCUT2D eigenvalue weighted by Gasteiger charge is -2.38. The van der Waals surface area contributed by atoms with Gasteiger partial charge in [-0.05, 0) is 49.2 Å². The highest BCUT2D eigenvalue weighted by Gasteiger charge is 2.43. The molecule has 2 aromatic carbocycles. The third kappa shape index (κ3) is 2.72. The second-order valence-electron chi connectivity index (χ2n) is 7.73. The second kappa shape index (κ2) is 6.62. The lowest BCUT2D eigenvalue weighted by Crippen LogP contribution is -2.44. The standard InChI is InChI=1S/C24H20N4O2/c29-24-18-9-4-5-10-20(18)25-23(28(24)17-12-13-17)19-15-27(16-7-2-1-3-8-16)26-22(19)21-11-6-14-30-21/h1-11,14-15,17,23,25H,12-13H2/t23-/m0/s1. The topological polar surface area (TPSA) is 63.3 Å². The normalized spacial score (nSPS) is 18.2. The number of hydrogen-bond acceptors (Lipinski definition) is 4. The number of amides is 1. The van der Waals surface area contributed by atoms with Gasteiger partial charge in [-0.15, -0.1) is 0 Å². The van der Waals surface area contributed by atoms with Gasteiger partial charge in [-0.25, -0.2) is 4.68 Å². The summed E-state index contributed by atoms with van der Waals surface area (Å²) in [5.41, 5.74) is 4.18. The van der Waals surface area contributed by atoms with Crippen LogP contribution in [0.1, 0.15) is 34.9 Å². The maximum absolute atomic E-state index is 13.4. The molecular weight excluding hydrogens is 376 g/mol. The van der Waals surface area contributed by atoms with Gasteiger partial charge in [-0.1, -0.05) is 30.3 Å². The number of anilines is 1. The molecule has 0 radical (unpaired) electrons. The summed E-state index contributed by atoms with van der Waals surface area (Å²) in [6.45, 7) is 0. The minimum atomic E-state index is -0.308. The first-order valence-corrected chi connectivity index (χ1v) is 10.2. The molecule has 1 fully saturated rings. The molecule has 1 amide bonds. The van der Waals surface area contributed by atoms with E-state index in [2.05, 4.69) is 5.32 Å². The summed E-state index contributed by atoms with van der Waals surface area (Å²) in [6, 6.07) is 21.7. The van der Waals surface area contributed by atoms with Crippen LogP contribution in [-0.4, -0.2) is 26.6 Å². The molecule has 0 saturated heterocycles. The van der Waals surface area contributed by atoms with Crippen molar-refractivity contribution < 1.29 is 9.21 Å². The van der Waals surface area contributed by atoms with E-state index in [0.29, 0.717) is 5.76 Å². The highest BCUT2D eigenvalue weighted by Crippen LogP contribution is 2.43. The average Bonchev–Trinajstić information content (AvgIpc) is 3.29. The average molecular weight is 396 g/mol. The van der Waals surface area contributed by atoms with Gasteiger partial charge in [-0.2, -0.15) is 5.10 Å². The molecule has 6 heteroatoms. The van der Waals surface area contributed by atoms with Crippen molar-refractivity contribution in [2.75, 3.05) is 5.32 Å². The molecule has 1 aliphatic heterocycles. The van der Waals surface area contributed by atoms with Gasteiger partial charge in [0.15, 0.2) is 5.76 Å². The molecule has 0 spiro atoms. The SMILES string of the molecule is O=C1c2ccccc2N[C@H](c2cn(-c3ccccc3)nc2-c2ccco2)N1C1CC1. The van der Waals surface area contributed by atoms with E-state index in [1.807, 2.05) is 82.5 Å². The van der Waals surface area contributed by atoms with Crippen LogP contribution in [0.15, 0.2) is 83.6 Å². The van der Waals surface area contributed by atoms with Crippen molar-refractivity contribution in [2.45, 2.75) is 25.0 Å². The molecule has 3 heterocycles. The van der Waals surface area contributed by atoms with Crippen LogP contribution in [0.4, 0.5) is 5.69 Å². The monoisotopic (exact) mass is 396 g/mol. The number of nitrogens with one attached hydrogen (secondary N) is 1. The summed E-state index contributed by atoms with van der Waals surface area (Å²) in [7, 11) is 0. The van der Waals surface area contributed by atoms with Crippen LogP contribution in [0.2, 0.25) is 0 Å². The highest BCUT2D eigenvalue weighted by molar-refractivity contribution is 6.02. The van der Waals surface area contributed by atoms with Crippen LogP contribution >= 0.6 is 0 Å². The Balaban J connectivity index is 1.52. The third-order valence-electron chi connectivity index (χ3n) is 5.72. The number of para-hydroxylation sites is 2. The van der Waals surface area contributed by atoms with E-state index in [9.17, 15) is 4.79 Å². The van der Waals surface area contributed by atoms with Crippen molar-refractivity contribution in [3.8, 4) is 17.1 Å². The first-order chi connectivity index (χ1) is 14.8. The minimum Gasteiger partial charge on any atom is -0.463 e. The lowest BCUT2D eigenvalue weighted by atomic mass is 10.0. The van der Waals surface area contributed by atoms with E-state index in [1.54, 1.807) is 6.26 Å². The Bertz CT molecular complexity index is 1210. The Hall–Kier alpha value is -3.80. The fourth-order valence-electron chi connectivity index (χ4n) is 4.13. The number of hydrogen-bond donors (Lipinski definition) is 1. The van der Waals surface area contributed by atoms with E-state index >= 15 is 0 Å². The quantitative estimate of drug-likeness (QED) is 0.535. The smallest absolute Gasteiger partial charge is 0.258 e. The summed E-state index contributed by atoms with van der Waals surface area (Å²) in [4.78, 5) is 15.4. The number of carbonyl (C=O) groups excluding carboxylic acids is 1. The zero-order valence-corrected chi connectivity index (χ0v) is 16.2. The molecule has 0 bridgehead atoms. The van der Waals surface area contributed by atoms with E-state index in [1.165, 1.54) is 0 Å². The number of rotatable bonds is 4. The Labute approximate surface area is 173 Å². The van der Waals surface area contributed by atoms with Gasteiger partial charge in [0.1, 0.15) is 11.9 Å². The molecule has 6 rings (SSSR count). The molecule has 148 valence electrons. The molecule has 1 atom stereocenters. The van der Waals surface area contributed by atoms with Crippen molar-refractivity contribution in [1.82, 2.24) is 14.7 Å². The van der Waals surface area contributed by atoms with Crippen LogP contribution in [0.3, 0.4) is 0 Å². The first-order valence-electron chi connectivity index (χ1n) is 10.2. The lowest BCUT2D eigenvalue weighted by molar-refractivity contribution is 0.0667. The van der Waals surface area contributed by atoms with Gasteiger partial charge < -0.3 is 14.6 Å². The van der Waals surface area contributed by atoms with Gasteiger partial charge in [-0.3, -0.25) is 4.79 Å². The largest absolute Gasteiger partial charge is 0.463 e. The number of carbonyl (C=O) groups is 1. The van der Waals surface area contributed by atoms with Crippen LogP contribution in [0.5, 0.6) is 0 Å². The Morgan fingerprint density at radius 1 is 0.967 bits per heavy atom. The van der Waals surface area contributed by atoms with Crippen molar-refractivity contribution in [3.05, 3.63) is 90.3 Å². The third-order valence-corrected chi connectivity index (χ3v) is 5.72. The fraction of sp³-hybridized carbons (Fsp3) is 0.167. The molecule has 2 aromatic heterocycles. The van der Waals surface area contributed by atoms with E-state index in [0.717, 1.165) is 41.0 Å². The molecule has 30 heavy (non-hydrogen) atoms. The van der Waals surface area contributed by atoms with E-state index < -0.39 is 0 Å². The minimum absolute atomic E-state index is 0.0645. The number of nitrogens with zero attached hydrogens (tertiary/aromatic N) is 3. The Kier molecular flexibility index (Phi) is 3.77. The van der Waals surface area contributed by atoms with Crippen LogP contribution < -0.4 is 5.32 Å². The molecular formula is C24H20N4O2. The maximum Gasteiger partial charge on any atom is 0.258 e. The van der Waals surface area contributed by atoms with E-state index in [4.69, 9.17) is 9.52 Å². The second-order valence-corrected chi connectivity index (χ2v) is 7.73. The zero-order valence-electron chi connectivity index (χ0n) is 16.2. The number of furan rings is 1. The molecule has 6 nitrogen and oxygen atoms in total. The predicted molar refractivity (Wildman–Crippen MR) is 113 cm³/mol. The maximum atomic E-state index is 13.4. The van der Waals surface area contributed by atoms with Gasteiger partial charge in [0.05, 0.1) is 17.5 Å². The van der Waals surface area contributed by atoms with Crippen molar-refractivity contribution in [1.29, 1.82) is 0 Å². The molecule has 2 aliphatic rings. The molecule has 0 unspecified atom stereocenters. The van der Waals surface area contributed by atoms with Gasteiger partial charge in [0.25, 0.3) is 5.91 Å². The summed E-state index contributed by atoms with van der Waals surface area (Å²) >= 11 is 0. The van der Waals surface area contributed by atoms with E-state index in [-0.39, 0.29) is 18.1 Å². The van der Waals surface area contributed by atoms with Gasteiger partial charge >= 0.3 is 0 Å². The molecule has 4 aromatic rings. The highest BCUT2D eigenvalue weighted by atomic mass is 16.3. The van der Waals surface area contributed by atoms with Crippen LogP contribution in [0, 0.1) is 0 Å². The Morgan fingerprint density at radius 3 is 2.53 bits per heavy atom.